The summed E-state index contributed by atoms with van der Waals surface area (Å²) in [7, 11) is 0. The van der Waals surface area contributed by atoms with Gasteiger partial charge >= 0.3 is 6.03 Å². The second-order valence-electron chi connectivity index (χ2n) is 5.86. The fraction of sp³-hybridized carbons (Fsp3) is 0.158. The topological polar surface area (TPSA) is 70.2 Å². The molecule has 2 aromatic rings. The summed E-state index contributed by atoms with van der Waals surface area (Å²) in [5.41, 5.74) is 2.48. The molecule has 0 saturated heterocycles. The van der Waals surface area contributed by atoms with Crippen LogP contribution in [0.4, 0.5) is 14.9 Å². The Labute approximate surface area is 144 Å². The van der Waals surface area contributed by atoms with Gasteiger partial charge in [0.1, 0.15) is 5.82 Å². The first-order valence-corrected chi connectivity index (χ1v) is 7.87. The van der Waals surface area contributed by atoms with Crippen LogP contribution in [-0.2, 0) is 4.79 Å². The smallest absolute Gasteiger partial charge is 0.319 e. The predicted octanol–water partition coefficient (Wildman–Crippen LogP) is 3.40. The van der Waals surface area contributed by atoms with Gasteiger partial charge in [-0.05, 0) is 31.5 Å². The fourth-order valence-corrected chi connectivity index (χ4v) is 2.84. The second kappa shape index (κ2) is 6.76. The third-order valence-corrected chi connectivity index (χ3v) is 4.12. The number of anilines is 1. The number of nitrogens with one attached hydrogen (secondary N) is 3. The van der Waals surface area contributed by atoms with Gasteiger partial charge in [-0.15, -0.1) is 0 Å². The van der Waals surface area contributed by atoms with Crippen LogP contribution >= 0.6 is 0 Å². The van der Waals surface area contributed by atoms with Gasteiger partial charge in [0, 0.05) is 16.9 Å². The van der Waals surface area contributed by atoms with Crippen LogP contribution in [0.25, 0.3) is 0 Å². The van der Waals surface area contributed by atoms with Crippen LogP contribution in [0.1, 0.15) is 24.1 Å². The standard InChI is InChI=1S/C19H18FN3O2/c1-11-7-3-6-10-15(11)22-18(24)16-12(2)21-19(25)23-17(16)13-8-4-5-9-14(13)20/h3-10,17H,1-2H3,(H,22,24)(H2,21,23,25)/t17-/m1/s1. The van der Waals surface area contributed by atoms with E-state index >= 15 is 0 Å². The molecule has 2 aromatic carbocycles. The van der Waals surface area contributed by atoms with Crippen molar-refractivity contribution < 1.29 is 14.0 Å². The van der Waals surface area contributed by atoms with Gasteiger partial charge < -0.3 is 16.0 Å². The summed E-state index contributed by atoms with van der Waals surface area (Å²) in [6.45, 7) is 3.51. The number of urea groups is 1. The number of aryl methyl sites for hydroxylation is 1. The predicted molar refractivity (Wildman–Crippen MR) is 93.3 cm³/mol. The molecule has 1 aliphatic rings. The van der Waals surface area contributed by atoms with Crippen LogP contribution in [0, 0.1) is 12.7 Å². The minimum absolute atomic E-state index is 0.242. The Bertz CT molecular complexity index is 876. The molecule has 6 heteroatoms. The van der Waals surface area contributed by atoms with Crippen LogP contribution in [0.15, 0.2) is 59.8 Å². The quantitative estimate of drug-likeness (QED) is 0.802. The number of carbonyl (C=O) groups excluding carboxylic acids is 2. The van der Waals surface area contributed by atoms with Crippen molar-refractivity contribution in [2.75, 3.05) is 5.32 Å². The first kappa shape index (κ1) is 16.7. The maximum Gasteiger partial charge on any atom is 0.319 e. The number of rotatable bonds is 3. The van der Waals surface area contributed by atoms with Crippen molar-refractivity contribution >= 4 is 17.6 Å². The van der Waals surface area contributed by atoms with E-state index in [1.165, 1.54) is 6.07 Å². The zero-order valence-corrected chi connectivity index (χ0v) is 13.9. The summed E-state index contributed by atoms with van der Waals surface area (Å²) < 4.78 is 14.2. The van der Waals surface area contributed by atoms with Crippen LogP contribution in [0.2, 0.25) is 0 Å². The molecule has 3 rings (SSSR count). The Morgan fingerprint density at radius 3 is 2.48 bits per heavy atom. The average molecular weight is 339 g/mol. The highest BCUT2D eigenvalue weighted by atomic mass is 19.1. The van der Waals surface area contributed by atoms with E-state index in [0.29, 0.717) is 11.4 Å². The first-order chi connectivity index (χ1) is 12.0. The summed E-state index contributed by atoms with van der Waals surface area (Å²) >= 11 is 0. The van der Waals surface area contributed by atoms with Gasteiger partial charge in [0.25, 0.3) is 5.91 Å². The van der Waals surface area contributed by atoms with E-state index in [1.807, 2.05) is 25.1 Å². The molecule has 0 bridgehead atoms. The van der Waals surface area contributed by atoms with E-state index in [2.05, 4.69) is 16.0 Å². The van der Waals surface area contributed by atoms with Crippen molar-refractivity contribution in [3.63, 3.8) is 0 Å². The zero-order chi connectivity index (χ0) is 18.0. The van der Waals surface area contributed by atoms with Gasteiger partial charge in [0.15, 0.2) is 0 Å². The van der Waals surface area contributed by atoms with Crippen molar-refractivity contribution in [2.24, 2.45) is 0 Å². The van der Waals surface area contributed by atoms with E-state index in [9.17, 15) is 14.0 Å². The summed E-state index contributed by atoms with van der Waals surface area (Å²) in [5, 5.41) is 8.04. The molecule has 5 nitrogen and oxygen atoms in total. The highest BCUT2D eigenvalue weighted by Crippen LogP contribution is 2.29. The van der Waals surface area contributed by atoms with Crippen molar-refractivity contribution in [3.05, 3.63) is 76.7 Å². The molecule has 0 aliphatic carbocycles. The molecule has 0 spiro atoms. The molecule has 1 atom stereocenters. The Kier molecular flexibility index (Phi) is 4.52. The van der Waals surface area contributed by atoms with Crippen molar-refractivity contribution in [1.82, 2.24) is 10.6 Å². The number of benzene rings is 2. The monoisotopic (exact) mass is 339 g/mol. The third kappa shape index (κ3) is 3.38. The first-order valence-electron chi connectivity index (χ1n) is 7.87. The number of carbonyl (C=O) groups is 2. The maximum atomic E-state index is 14.2. The molecule has 0 radical (unpaired) electrons. The van der Waals surface area contributed by atoms with Crippen molar-refractivity contribution in [1.29, 1.82) is 0 Å². The lowest BCUT2D eigenvalue weighted by atomic mass is 9.94. The summed E-state index contributed by atoms with van der Waals surface area (Å²) in [4.78, 5) is 24.7. The van der Waals surface area contributed by atoms with Crippen LogP contribution < -0.4 is 16.0 Å². The fourth-order valence-electron chi connectivity index (χ4n) is 2.84. The molecule has 0 aromatic heterocycles. The van der Waals surface area contributed by atoms with E-state index in [1.54, 1.807) is 31.2 Å². The molecule has 3 amide bonds. The van der Waals surface area contributed by atoms with Gasteiger partial charge in [0.2, 0.25) is 0 Å². The Hall–Kier alpha value is -3.15. The summed E-state index contributed by atoms with van der Waals surface area (Å²) in [5.74, 6) is -0.878. The highest BCUT2D eigenvalue weighted by molar-refractivity contribution is 6.07. The number of hydrogen-bond acceptors (Lipinski definition) is 2. The lowest BCUT2D eigenvalue weighted by Gasteiger charge is -2.29. The number of halogens is 1. The summed E-state index contributed by atoms with van der Waals surface area (Å²) in [6, 6.07) is 12.1. The molecule has 128 valence electrons. The van der Waals surface area contributed by atoms with Gasteiger partial charge in [-0.2, -0.15) is 0 Å². The van der Waals surface area contributed by atoms with E-state index in [0.717, 1.165) is 5.56 Å². The van der Waals surface area contributed by atoms with Crippen LogP contribution in [0.3, 0.4) is 0 Å². The average Bonchev–Trinajstić information content (AvgIpc) is 2.56. The Morgan fingerprint density at radius 2 is 1.76 bits per heavy atom. The van der Waals surface area contributed by atoms with E-state index < -0.39 is 23.8 Å². The SMILES string of the molecule is CC1=C(C(=O)Nc2ccccc2C)[C@@H](c2ccccc2F)NC(=O)N1. The largest absolute Gasteiger partial charge is 0.327 e. The lowest BCUT2D eigenvalue weighted by molar-refractivity contribution is -0.113. The molecule has 3 N–H and O–H groups in total. The molecule has 0 unspecified atom stereocenters. The van der Waals surface area contributed by atoms with E-state index in [4.69, 9.17) is 0 Å². The second-order valence-corrected chi connectivity index (χ2v) is 5.86. The van der Waals surface area contributed by atoms with Crippen molar-refractivity contribution in [2.45, 2.75) is 19.9 Å². The molecule has 0 fully saturated rings. The summed E-state index contributed by atoms with van der Waals surface area (Å²) in [6.07, 6.45) is 0. The number of allylic oxidation sites excluding steroid dienone is 1. The van der Waals surface area contributed by atoms with Gasteiger partial charge in [-0.25, -0.2) is 9.18 Å². The Morgan fingerprint density at radius 1 is 1.08 bits per heavy atom. The van der Waals surface area contributed by atoms with Crippen LogP contribution in [-0.4, -0.2) is 11.9 Å². The number of para-hydroxylation sites is 1. The normalized spacial score (nSPS) is 16.9. The Balaban J connectivity index is 1.99. The molecular formula is C19H18FN3O2. The van der Waals surface area contributed by atoms with Crippen molar-refractivity contribution in [3.8, 4) is 0 Å². The third-order valence-electron chi connectivity index (χ3n) is 4.12. The minimum Gasteiger partial charge on any atom is -0.327 e. The van der Waals surface area contributed by atoms with Gasteiger partial charge in [0.05, 0.1) is 11.6 Å². The lowest BCUT2D eigenvalue weighted by Crippen LogP contribution is -2.46. The van der Waals surface area contributed by atoms with Gasteiger partial charge in [-0.1, -0.05) is 36.4 Å². The molecule has 0 saturated carbocycles. The van der Waals surface area contributed by atoms with Gasteiger partial charge in [-0.3, -0.25) is 4.79 Å². The molecule has 25 heavy (non-hydrogen) atoms. The van der Waals surface area contributed by atoms with Crippen LogP contribution in [0.5, 0.6) is 0 Å². The zero-order valence-electron chi connectivity index (χ0n) is 13.9. The number of hydrogen-bond donors (Lipinski definition) is 3. The molecular weight excluding hydrogens is 321 g/mol. The molecule has 1 aliphatic heterocycles. The highest BCUT2D eigenvalue weighted by Gasteiger charge is 2.32. The minimum atomic E-state index is -0.862. The van der Waals surface area contributed by atoms with E-state index in [-0.39, 0.29) is 11.1 Å². The number of amides is 3. The maximum absolute atomic E-state index is 14.2. The molecule has 1 heterocycles.